The number of para-hydroxylation sites is 1. The van der Waals surface area contributed by atoms with Gasteiger partial charge in [0.05, 0.1) is 25.4 Å². The first kappa shape index (κ1) is 17.4. The van der Waals surface area contributed by atoms with Gasteiger partial charge in [-0.15, -0.1) is 0 Å². The first-order chi connectivity index (χ1) is 12.7. The van der Waals surface area contributed by atoms with Crippen molar-refractivity contribution in [2.45, 2.75) is 6.54 Å². The molecule has 1 N–H and O–H groups in total. The summed E-state index contributed by atoms with van der Waals surface area (Å²) in [5.74, 6) is -1.35. The van der Waals surface area contributed by atoms with E-state index in [1.54, 1.807) is 6.07 Å². The molecule has 0 atom stereocenters. The van der Waals surface area contributed by atoms with E-state index in [9.17, 15) is 9.59 Å². The number of nitrogens with zero attached hydrogens (tertiary/aromatic N) is 1. The molecule has 0 bridgehead atoms. The summed E-state index contributed by atoms with van der Waals surface area (Å²) < 4.78 is 9.69. The van der Waals surface area contributed by atoms with Crippen molar-refractivity contribution in [2.75, 3.05) is 19.5 Å². The van der Waals surface area contributed by atoms with E-state index in [-0.39, 0.29) is 11.3 Å². The van der Waals surface area contributed by atoms with E-state index in [4.69, 9.17) is 9.47 Å². The fourth-order valence-electron chi connectivity index (χ4n) is 2.73. The minimum absolute atomic E-state index is 0.0639. The Balaban J connectivity index is 2.19. The number of hydrogen-bond acceptors (Lipinski definition) is 6. The van der Waals surface area contributed by atoms with Crippen LogP contribution in [0.25, 0.3) is 10.9 Å². The summed E-state index contributed by atoms with van der Waals surface area (Å²) in [6.45, 7) is 0.472. The molecule has 0 saturated carbocycles. The second kappa shape index (κ2) is 7.65. The van der Waals surface area contributed by atoms with Crippen LogP contribution in [0.1, 0.15) is 26.4 Å². The third-order valence-corrected chi connectivity index (χ3v) is 3.97. The number of benzene rings is 2. The van der Waals surface area contributed by atoms with Gasteiger partial charge in [0.1, 0.15) is 5.56 Å². The first-order valence-electron chi connectivity index (χ1n) is 8.03. The van der Waals surface area contributed by atoms with Crippen LogP contribution >= 0.6 is 0 Å². The molecular formula is C20H18N2O4. The molecule has 132 valence electrons. The number of fused-ring (bicyclic) bond motifs is 1. The molecular weight excluding hydrogens is 332 g/mol. The monoisotopic (exact) mass is 350 g/mol. The van der Waals surface area contributed by atoms with Crippen molar-refractivity contribution < 1.29 is 19.1 Å². The Kier molecular flexibility index (Phi) is 5.12. The lowest BCUT2D eigenvalue weighted by Gasteiger charge is -2.16. The Hall–Kier alpha value is -3.41. The molecule has 1 aromatic heterocycles. The van der Waals surface area contributed by atoms with Crippen LogP contribution in [-0.2, 0) is 16.0 Å². The molecule has 2 aromatic carbocycles. The van der Waals surface area contributed by atoms with E-state index in [1.165, 1.54) is 14.2 Å². The van der Waals surface area contributed by atoms with Gasteiger partial charge in [-0.2, -0.15) is 0 Å². The maximum atomic E-state index is 12.4. The molecule has 0 unspecified atom stereocenters. The summed E-state index contributed by atoms with van der Waals surface area (Å²) in [5, 5.41) is 3.98. The highest BCUT2D eigenvalue weighted by Gasteiger charge is 2.26. The van der Waals surface area contributed by atoms with Crippen molar-refractivity contribution in [1.29, 1.82) is 0 Å². The number of methoxy groups -OCH3 is 2. The fourth-order valence-corrected chi connectivity index (χ4v) is 2.73. The van der Waals surface area contributed by atoms with Gasteiger partial charge in [0.25, 0.3) is 0 Å². The van der Waals surface area contributed by atoms with Crippen LogP contribution in [0.4, 0.5) is 5.69 Å². The normalized spacial score (nSPS) is 10.4. The number of ether oxygens (including phenoxy) is 2. The van der Waals surface area contributed by atoms with Gasteiger partial charge in [-0.05, 0) is 11.6 Å². The number of anilines is 1. The minimum Gasteiger partial charge on any atom is -0.465 e. The van der Waals surface area contributed by atoms with E-state index in [0.717, 1.165) is 10.9 Å². The lowest BCUT2D eigenvalue weighted by molar-refractivity contribution is 0.0551. The Labute approximate surface area is 150 Å². The SMILES string of the molecule is COC(=O)c1nc2ccccc2c(NCc2ccccc2)c1C(=O)OC. The Morgan fingerprint density at radius 2 is 1.58 bits per heavy atom. The summed E-state index contributed by atoms with van der Waals surface area (Å²) >= 11 is 0. The van der Waals surface area contributed by atoms with Gasteiger partial charge >= 0.3 is 11.9 Å². The lowest BCUT2D eigenvalue weighted by atomic mass is 10.0. The fraction of sp³-hybridized carbons (Fsp3) is 0.150. The van der Waals surface area contributed by atoms with Crippen LogP contribution in [0.3, 0.4) is 0 Å². The van der Waals surface area contributed by atoms with Crippen LogP contribution in [0, 0.1) is 0 Å². The number of carbonyl (C=O) groups is 2. The maximum Gasteiger partial charge on any atom is 0.357 e. The maximum absolute atomic E-state index is 12.4. The minimum atomic E-state index is -0.695. The number of carbonyl (C=O) groups excluding carboxylic acids is 2. The molecule has 3 aromatic rings. The summed E-state index contributed by atoms with van der Waals surface area (Å²) in [4.78, 5) is 28.9. The van der Waals surface area contributed by atoms with E-state index in [2.05, 4.69) is 10.3 Å². The number of hydrogen-bond donors (Lipinski definition) is 1. The van der Waals surface area contributed by atoms with Crippen molar-refractivity contribution in [2.24, 2.45) is 0 Å². The van der Waals surface area contributed by atoms with Crippen molar-refractivity contribution >= 4 is 28.5 Å². The molecule has 0 aliphatic carbocycles. The van der Waals surface area contributed by atoms with E-state index in [0.29, 0.717) is 17.7 Å². The van der Waals surface area contributed by atoms with Crippen LogP contribution < -0.4 is 5.32 Å². The number of rotatable bonds is 5. The predicted molar refractivity (Wildman–Crippen MR) is 98.2 cm³/mol. The first-order valence-corrected chi connectivity index (χ1v) is 8.03. The summed E-state index contributed by atoms with van der Waals surface area (Å²) in [6, 6.07) is 17.0. The molecule has 0 radical (unpaired) electrons. The van der Waals surface area contributed by atoms with E-state index >= 15 is 0 Å². The second-order valence-electron chi connectivity index (χ2n) is 5.55. The van der Waals surface area contributed by atoms with Crippen molar-refractivity contribution in [3.63, 3.8) is 0 Å². The summed E-state index contributed by atoms with van der Waals surface area (Å²) in [7, 11) is 2.51. The van der Waals surface area contributed by atoms with Gasteiger partial charge in [0.15, 0.2) is 5.69 Å². The number of esters is 2. The highest BCUT2D eigenvalue weighted by atomic mass is 16.5. The third kappa shape index (κ3) is 3.35. The average molecular weight is 350 g/mol. The highest BCUT2D eigenvalue weighted by Crippen LogP contribution is 2.30. The quantitative estimate of drug-likeness (QED) is 0.711. The summed E-state index contributed by atoms with van der Waals surface area (Å²) in [6.07, 6.45) is 0. The zero-order chi connectivity index (χ0) is 18.5. The third-order valence-electron chi connectivity index (χ3n) is 3.97. The van der Waals surface area contributed by atoms with Gasteiger partial charge < -0.3 is 14.8 Å². The molecule has 0 amide bonds. The van der Waals surface area contributed by atoms with Crippen molar-refractivity contribution in [3.8, 4) is 0 Å². The molecule has 6 nitrogen and oxygen atoms in total. The number of aromatic nitrogens is 1. The van der Waals surface area contributed by atoms with Crippen LogP contribution in [0.15, 0.2) is 54.6 Å². The van der Waals surface area contributed by atoms with Crippen molar-refractivity contribution in [3.05, 3.63) is 71.4 Å². The lowest BCUT2D eigenvalue weighted by Crippen LogP contribution is -2.17. The predicted octanol–water partition coefficient (Wildman–Crippen LogP) is 3.42. The zero-order valence-corrected chi connectivity index (χ0v) is 14.5. The van der Waals surface area contributed by atoms with Gasteiger partial charge in [-0.3, -0.25) is 0 Å². The van der Waals surface area contributed by atoms with E-state index in [1.807, 2.05) is 48.5 Å². The molecule has 26 heavy (non-hydrogen) atoms. The molecule has 0 spiro atoms. The van der Waals surface area contributed by atoms with Gasteiger partial charge in [0.2, 0.25) is 0 Å². The average Bonchev–Trinajstić information content (AvgIpc) is 2.70. The largest absolute Gasteiger partial charge is 0.465 e. The molecule has 0 fully saturated rings. The Morgan fingerprint density at radius 1 is 0.923 bits per heavy atom. The zero-order valence-electron chi connectivity index (χ0n) is 14.5. The van der Waals surface area contributed by atoms with Gasteiger partial charge in [-0.25, -0.2) is 14.6 Å². The topological polar surface area (TPSA) is 77.5 Å². The Morgan fingerprint density at radius 3 is 2.27 bits per heavy atom. The van der Waals surface area contributed by atoms with Crippen LogP contribution in [0.2, 0.25) is 0 Å². The molecule has 6 heteroatoms. The number of nitrogens with one attached hydrogen (secondary N) is 1. The molecule has 3 rings (SSSR count). The van der Waals surface area contributed by atoms with Crippen molar-refractivity contribution in [1.82, 2.24) is 4.98 Å². The Bertz CT molecular complexity index is 955. The van der Waals surface area contributed by atoms with E-state index < -0.39 is 11.9 Å². The molecule has 0 aliphatic heterocycles. The smallest absolute Gasteiger partial charge is 0.357 e. The summed E-state index contributed by atoms with van der Waals surface area (Å²) in [5.41, 5.74) is 2.09. The van der Waals surface area contributed by atoms with Gasteiger partial charge in [0, 0.05) is 11.9 Å². The molecule has 0 saturated heterocycles. The van der Waals surface area contributed by atoms with Gasteiger partial charge in [-0.1, -0.05) is 48.5 Å². The second-order valence-corrected chi connectivity index (χ2v) is 5.55. The highest BCUT2D eigenvalue weighted by molar-refractivity contribution is 6.12. The van der Waals surface area contributed by atoms with Crippen LogP contribution in [0.5, 0.6) is 0 Å². The number of pyridine rings is 1. The van der Waals surface area contributed by atoms with Crippen LogP contribution in [-0.4, -0.2) is 31.1 Å². The molecule has 0 aliphatic rings. The standard InChI is InChI=1S/C20H18N2O4/c1-25-19(23)16-17(21-12-13-8-4-3-5-9-13)14-10-6-7-11-15(14)22-18(16)20(24)26-2/h3-11H,12H2,1-2H3,(H,21,22). The molecule has 1 heterocycles.